The fourth-order valence-electron chi connectivity index (χ4n) is 2.14. The zero-order chi connectivity index (χ0) is 14.5. The summed E-state index contributed by atoms with van der Waals surface area (Å²) in [5.41, 5.74) is 0.620. The van der Waals surface area contributed by atoms with E-state index in [1.807, 2.05) is 22.9 Å². The molecule has 1 heterocycles. The van der Waals surface area contributed by atoms with Gasteiger partial charge in [-0.3, -0.25) is 4.79 Å². The highest BCUT2D eigenvalue weighted by Gasteiger charge is 2.26. The first-order valence-corrected chi connectivity index (χ1v) is 6.97. The monoisotopic (exact) mass is 266 g/mol. The van der Waals surface area contributed by atoms with Gasteiger partial charge < -0.3 is 15.0 Å². The number of amides is 1. The van der Waals surface area contributed by atoms with Crippen molar-refractivity contribution in [3.8, 4) is 0 Å². The van der Waals surface area contributed by atoms with E-state index in [2.05, 4.69) is 33.0 Å². The Bertz CT molecular complexity index is 405. The van der Waals surface area contributed by atoms with Gasteiger partial charge in [-0.2, -0.15) is 0 Å². The summed E-state index contributed by atoms with van der Waals surface area (Å²) in [4.78, 5) is 12.3. The second kappa shape index (κ2) is 6.75. The molecule has 0 bridgehead atoms. The van der Waals surface area contributed by atoms with Crippen molar-refractivity contribution in [2.24, 2.45) is 5.41 Å². The van der Waals surface area contributed by atoms with Crippen LogP contribution in [0.15, 0.2) is 18.3 Å². The molecule has 0 saturated heterocycles. The van der Waals surface area contributed by atoms with E-state index in [0.717, 1.165) is 13.0 Å². The lowest BCUT2D eigenvalue weighted by Crippen LogP contribution is -2.44. The normalized spacial score (nSPS) is 13.3. The van der Waals surface area contributed by atoms with Gasteiger partial charge >= 0.3 is 0 Å². The molecule has 1 amide bonds. The molecule has 4 nitrogen and oxygen atoms in total. The van der Waals surface area contributed by atoms with Crippen molar-refractivity contribution in [1.29, 1.82) is 0 Å². The Balaban J connectivity index is 2.79. The molecule has 0 saturated carbocycles. The molecule has 1 aromatic rings. The molecule has 19 heavy (non-hydrogen) atoms. The van der Waals surface area contributed by atoms with Crippen LogP contribution in [0.5, 0.6) is 0 Å². The molecule has 0 spiro atoms. The Morgan fingerprint density at radius 3 is 2.68 bits per heavy atom. The van der Waals surface area contributed by atoms with E-state index in [9.17, 15) is 4.79 Å². The van der Waals surface area contributed by atoms with E-state index in [0.29, 0.717) is 12.1 Å². The van der Waals surface area contributed by atoms with Gasteiger partial charge in [-0.05, 0) is 30.4 Å². The lowest BCUT2D eigenvalue weighted by atomic mass is 9.85. The molecule has 0 aliphatic rings. The number of carbonyl (C=O) groups is 1. The summed E-state index contributed by atoms with van der Waals surface area (Å²) in [5, 5.41) is 12.2. The Labute approximate surface area is 115 Å². The van der Waals surface area contributed by atoms with Gasteiger partial charge in [0.25, 0.3) is 5.91 Å². The van der Waals surface area contributed by atoms with E-state index >= 15 is 0 Å². The molecule has 1 atom stereocenters. The lowest BCUT2D eigenvalue weighted by Gasteiger charge is -2.31. The van der Waals surface area contributed by atoms with Crippen LogP contribution in [-0.4, -0.2) is 28.2 Å². The predicted octanol–water partition coefficient (Wildman–Crippen LogP) is 2.43. The van der Waals surface area contributed by atoms with Gasteiger partial charge in [0.15, 0.2) is 0 Å². The zero-order valence-corrected chi connectivity index (χ0v) is 12.4. The van der Waals surface area contributed by atoms with E-state index < -0.39 is 0 Å². The second-order valence-electron chi connectivity index (χ2n) is 5.99. The highest BCUT2D eigenvalue weighted by molar-refractivity contribution is 5.93. The van der Waals surface area contributed by atoms with E-state index in [4.69, 9.17) is 5.11 Å². The quantitative estimate of drug-likeness (QED) is 0.831. The van der Waals surface area contributed by atoms with Gasteiger partial charge in [0.2, 0.25) is 0 Å². The van der Waals surface area contributed by atoms with Crippen molar-refractivity contribution in [3.05, 3.63) is 24.0 Å². The lowest BCUT2D eigenvalue weighted by molar-refractivity contribution is 0.0875. The molecule has 0 aromatic carbocycles. The predicted molar refractivity (Wildman–Crippen MR) is 77.1 cm³/mol. The van der Waals surface area contributed by atoms with Crippen LogP contribution in [0.3, 0.4) is 0 Å². The number of carbonyl (C=O) groups excluding carboxylic acids is 1. The summed E-state index contributed by atoms with van der Waals surface area (Å²) < 4.78 is 1.97. The number of nitrogens with zero attached hydrogens (tertiary/aromatic N) is 1. The van der Waals surface area contributed by atoms with Gasteiger partial charge in [0.05, 0.1) is 0 Å². The molecule has 0 aliphatic carbocycles. The van der Waals surface area contributed by atoms with E-state index in [1.165, 1.54) is 0 Å². The average Bonchev–Trinajstić information content (AvgIpc) is 2.76. The maximum Gasteiger partial charge on any atom is 0.268 e. The molecular formula is C15H26N2O2. The summed E-state index contributed by atoms with van der Waals surface area (Å²) in [6, 6.07) is 3.70. The number of aliphatic hydroxyl groups excluding tert-OH is 1. The van der Waals surface area contributed by atoms with Crippen molar-refractivity contribution >= 4 is 5.91 Å². The Morgan fingerprint density at radius 2 is 2.16 bits per heavy atom. The standard InChI is InChI=1S/C15H26N2O2/c1-5-9-17-10-6-7-12(17)14(19)16-13(8-11-18)15(2,3)4/h6-7,10,13,18H,5,8-9,11H2,1-4H3,(H,16,19). The third-order valence-corrected chi connectivity index (χ3v) is 3.30. The molecule has 0 radical (unpaired) electrons. The first-order valence-electron chi connectivity index (χ1n) is 6.97. The van der Waals surface area contributed by atoms with Gasteiger partial charge in [-0.25, -0.2) is 0 Å². The van der Waals surface area contributed by atoms with Crippen LogP contribution in [0, 0.1) is 5.41 Å². The SMILES string of the molecule is CCCn1cccc1C(=O)NC(CCO)C(C)(C)C. The topological polar surface area (TPSA) is 54.3 Å². The number of aliphatic hydroxyl groups is 1. The van der Waals surface area contributed by atoms with Crippen molar-refractivity contribution in [2.75, 3.05) is 6.61 Å². The molecule has 0 fully saturated rings. The van der Waals surface area contributed by atoms with Gasteiger partial charge in [-0.15, -0.1) is 0 Å². The maximum atomic E-state index is 12.3. The number of aromatic nitrogens is 1. The zero-order valence-electron chi connectivity index (χ0n) is 12.4. The molecule has 108 valence electrons. The molecular weight excluding hydrogens is 240 g/mol. The summed E-state index contributed by atoms with van der Waals surface area (Å²) in [7, 11) is 0. The summed E-state index contributed by atoms with van der Waals surface area (Å²) in [6.07, 6.45) is 3.49. The third-order valence-electron chi connectivity index (χ3n) is 3.30. The fourth-order valence-corrected chi connectivity index (χ4v) is 2.14. The number of hydrogen-bond donors (Lipinski definition) is 2. The van der Waals surface area contributed by atoms with Crippen LogP contribution < -0.4 is 5.32 Å². The van der Waals surface area contributed by atoms with Crippen LogP contribution in [0.25, 0.3) is 0 Å². The number of aryl methyl sites for hydroxylation is 1. The minimum absolute atomic E-state index is 0.0324. The van der Waals surface area contributed by atoms with Gasteiger partial charge in [0.1, 0.15) is 5.69 Å². The number of nitrogens with one attached hydrogen (secondary N) is 1. The number of rotatable bonds is 6. The molecule has 2 N–H and O–H groups in total. The third kappa shape index (κ3) is 4.39. The highest BCUT2D eigenvalue weighted by Crippen LogP contribution is 2.22. The second-order valence-corrected chi connectivity index (χ2v) is 5.99. The van der Waals surface area contributed by atoms with E-state index in [1.54, 1.807) is 0 Å². The smallest absolute Gasteiger partial charge is 0.268 e. The van der Waals surface area contributed by atoms with E-state index in [-0.39, 0.29) is 24.0 Å². The molecule has 1 unspecified atom stereocenters. The van der Waals surface area contributed by atoms with Crippen LogP contribution in [-0.2, 0) is 6.54 Å². The maximum absolute atomic E-state index is 12.3. The van der Waals surface area contributed by atoms with Crippen molar-refractivity contribution in [3.63, 3.8) is 0 Å². The van der Waals surface area contributed by atoms with Crippen molar-refractivity contribution in [2.45, 2.75) is 53.1 Å². The fraction of sp³-hybridized carbons (Fsp3) is 0.667. The van der Waals surface area contributed by atoms with Crippen molar-refractivity contribution in [1.82, 2.24) is 9.88 Å². The average molecular weight is 266 g/mol. The first-order chi connectivity index (χ1) is 8.90. The molecule has 1 rings (SSSR count). The molecule has 1 aromatic heterocycles. The van der Waals surface area contributed by atoms with Crippen LogP contribution in [0.4, 0.5) is 0 Å². The van der Waals surface area contributed by atoms with Crippen LogP contribution in [0.2, 0.25) is 0 Å². The molecule has 4 heteroatoms. The molecule has 0 aliphatic heterocycles. The minimum Gasteiger partial charge on any atom is -0.396 e. The van der Waals surface area contributed by atoms with Gasteiger partial charge in [0, 0.05) is 25.4 Å². The van der Waals surface area contributed by atoms with Gasteiger partial charge in [-0.1, -0.05) is 27.7 Å². The first kappa shape index (κ1) is 15.8. The van der Waals surface area contributed by atoms with Crippen LogP contribution in [0.1, 0.15) is 51.0 Å². The summed E-state index contributed by atoms with van der Waals surface area (Å²) in [6.45, 7) is 9.22. The number of hydrogen-bond acceptors (Lipinski definition) is 2. The largest absolute Gasteiger partial charge is 0.396 e. The summed E-state index contributed by atoms with van der Waals surface area (Å²) >= 11 is 0. The Kier molecular flexibility index (Phi) is 5.60. The minimum atomic E-state index is -0.0689. The summed E-state index contributed by atoms with van der Waals surface area (Å²) in [5.74, 6) is -0.0631. The Hall–Kier alpha value is -1.29. The van der Waals surface area contributed by atoms with Crippen LogP contribution >= 0.6 is 0 Å². The Morgan fingerprint density at radius 1 is 1.47 bits per heavy atom. The van der Waals surface area contributed by atoms with Crippen molar-refractivity contribution < 1.29 is 9.90 Å². The highest BCUT2D eigenvalue weighted by atomic mass is 16.3.